The Morgan fingerprint density at radius 1 is 0.944 bits per heavy atom. The second kappa shape index (κ2) is 5.69. The number of hydrogen-bond acceptors (Lipinski definition) is 2. The van der Waals surface area contributed by atoms with Crippen molar-refractivity contribution in [3.05, 3.63) is 65.2 Å². The van der Waals surface area contributed by atoms with Gasteiger partial charge < -0.3 is 10.5 Å². The summed E-state index contributed by atoms with van der Waals surface area (Å²) < 4.78 is 6.09. The van der Waals surface area contributed by atoms with Crippen molar-refractivity contribution in [2.24, 2.45) is 5.73 Å². The van der Waals surface area contributed by atoms with E-state index in [1.807, 2.05) is 36.4 Å². The number of para-hydroxylation sites is 1. The van der Waals surface area contributed by atoms with E-state index in [-0.39, 0.29) is 6.10 Å². The maximum atomic E-state index is 6.09. The lowest BCUT2D eigenvalue weighted by Crippen LogP contribution is -2.19. The lowest BCUT2D eigenvalue weighted by Gasteiger charge is -2.20. The molecule has 0 amide bonds. The normalized spacial score (nSPS) is 12.2. The molecule has 94 valence electrons. The Morgan fingerprint density at radius 3 is 2.11 bits per heavy atom. The Balaban J connectivity index is 2.26. The van der Waals surface area contributed by atoms with Crippen molar-refractivity contribution >= 4 is 0 Å². The molecule has 1 atom stereocenters. The molecule has 2 aromatic rings. The first-order valence-corrected chi connectivity index (χ1v) is 6.20. The summed E-state index contributed by atoms with van der Waals surface area (Å²) in [6.45, 7) is 4.58. The molecule has 0 aliphatic carbocycles. The van der Waals surface area contributed by atoms with Crippen LogP contribution < -0.4 is 10.5 Å². The summed E-state index contributed by atoms with van der Waals surface area (Å²) in [5.74, 6) is 0.941. The highest BCUT2D eigenvalue weighted by Gasteiger charge is 2.13. The molecule has 2 aromatic carbocycles. The monoisotopic (exact) mass is 241 g/mol. The van der Waals surface area contributed by atoms with Crippen molar-refractivity contribution in [2.75, 3.05) is 6.54 Å². The van der Waals surface area contributed by atoms with E-state index in [0.29, 0.717) is 6.54 Å². The van der Waals surface area contributed by atoms with E-state index in [0.717, 1.165) is 22.4 Å². The van der Waals surface area contributed by atoms with Crippen molar-refractivity contribution in [2.45, 2.75) is 20.0 Å². The molecule has 0 saturated heterocycles. The molecule has 0 fully saturated rings. The number of ether oxygens (including phenoxy) is 1. The Bertz CT molecular complexity index is 488. The van der Waals surface area contributed by atoms with Crippen LogP contribution in [-0.2, 0) is 0 Å². The van der Waals surface area contributed by atoms with Crippen LogP contribution in [0.25, 0.3) is 0 Å². The molecular weight excluding hydrogens is 222 g/mol. The fourth-order valence-electron chi connectivity index (χ4n) is 2.05. The SMILES string of the molecule is Cc1cccc(C)c1OC(CN)c1ccccc1. The van der Waals surface area contributed by atoms with Gasteiger partial charge in [0.1, 0.15) is 11.9 Å². The van der Waals surface area contributed by atoms with Gasteiger partial charge in [0.25, 0.3) is 0 Å². The van der Waals surface area contributed by atoms with Crippen LogP contribution in [0.5, 0.6) is 5.75 Å². The number of nitrogens with two attached hydrogens (primary N) is 1. The van der Waals surface area contributed by atoms with Gasteiger partial charge in [0, 0.05) is 6.54 Å². The zero-order valence-electron chi connectivity index (χ0n) is 10.9. The Hall–Kier alpha value is -1.80. The molecule has 1 unspecified atom stereocenters. The molecule has 18 heavy (non-hydrogen) atoms. The van der Waals surface area contributed by atoms with Crippen LogP contribution in [0.3, 0.4) is 0 Å². The molecule has 0 bridgehead atoms. The minimum atomic E-state index is -0.0917. The average molecular weight is 241 g/mol. The quantitative estimate of drug-likeness (QED) is 0.890. The van der Waals surface area contributed by atoms with Gasteiger partial charge in [0.05, 0.1) is 0 Å². The minimum Gasteiger partial charge on any atom is -0.484 e. The van der Waals surface area contributed by atoms with Crippen molar-refractivity contribution in [1.82, 2.24) is 0 Å². The first-order valence-electron chi connectivity index (χ1n) is 6.20. The first kappa shape index (κ1) is 12.7. The summed E-state index contributed by atoms with van der Waals surface area (Å²) >= 11 is 0. The molecule has 2 nitrogen and oxygen atoms in total. The fraction of sp³-hybridized carbons (Fsp3) is 0.250. The second-order valence-corrected chi connectivity index (χ2v) is 4.47. The van der Waals surface area contributed by atoms with E-state index in [1.165, 1.54) is 0 Å². The van der Waals surface area contributed by atoms with Gasteiger partial charge in [0.15, 0.2) is 0 Å². The van der Waals surface area contributed by atoms with E-state index in [9.17, 15) is 0 Å². The fourth-order valence-corrected chi connectivity index (χ4v) is 2.05. The van der Waals surface area contributed by atoms with Crippen LogP contribution in [0, 0.1) is 13.8 Å². The third-order valence-electron chi connectivity index (χ3n) is 3.05. The van der Waals surface area contributed by atoms with Gasteiger partial charge in [-0.25, -0.2) is 0 Å². The lowest BCUT2D eigenvalue weighted by molar-refractivity contribution is 0.211. The molecule has 0 aliphatic heterocycles. The third-order valence-corrected chi connectivity index (χ3v) is 3.05. The van der Waals surface area contributed by atoms with E-state index in [1.54, 1.807) is 0 Å². The van der Waals surface area contributed by atoms with Gasteiger partial charge in [-0.2, -0.15) is 0 Å². The molecule has 2 heteroatoms. The number of hydrogen-bond donors (Lipinski definition) is 1. The van der Waals surface area contributed by atoms with Crippen molar-refractivity contribution in [3.8, 4) is 5.75 Å². The Labute approximate surface area is 108 Å². The summed E-state index contributed by atoms with van der Waals surface area (Å²) in [5.41, 5.74) is 9.23. The predicted octanol–water partition coefficient (Wildman–Crippen LogP) is 3.38. The van der Waals surface area contributed by atoms with Crippen LogP contribution in [0.15, 0.2) is 48.5 Å². The van der Waals surface area contributed by atoms with E-state index in [4.69, 9.17) is 10.5 Å². The van der Waals surface area contributed by atoms with Crippen LogP contribution in [0.4, 0.5) is 0 Å². The van der Waals surface area contributed by atoms with Crippen LogP contribution in [0.1, 0.15) is 22.8 Å². The molecular formula is C16H19NO. The summed E-state index contributed by atoms with van der Waals surface area (Å²) in [6, 6.07) is 16.3. The molecule has 0 heterocycles. The highest BCUT2D eigenvalue weighted by Crippen LogP contribution is 2.27. The molecule has 2 rings (SSSR count). The zero-order valence-corrected chi connectivity index (χ0v) is 10.9. The highest BCUT2D eigenvalue weighted by atomic mass is 16.5. The molecule has 0 aliphatic rings. The van der Waals surface area contributed by atoms with E-state index in [2.05, 4.69) is 26.0 Å². The first-order chi connectivity index (χ1) is 8.72. The average Bonchev–Trinajstić information content (AvgIpc) is 2.40. The maximum Gasteiger partial charge on any atom is 0.136 e. The maximum absolute atomic E-state index is 6.09. The smallest absolute Gasteiger partial charge is 0.136 e. The summed E-state index contributed by atoms with van der Waals surface area (Å²) in [4.78, 5) is 0. The summed E-state index contributed by atoms with van der Waals surface area (Å²) in [5, 5.41) is 0. The van der Waals surface area contributed by atoms with Gasteiger partial charge in [0.2, 0.25) is 0 Å². The Kier molecular flexibility index (Phi) is 4.00. The summed E-state index contributed by atoms with van der Waals surface area (Å²) in [6.07, 6.45) is -0.0917. The second-order valence-electron chi connectivity index (χ2n) is 4.47. The highest BCUT2D eigenvalue weighted by molar-refractivity contribution is 5.40. The van der Waals surface area contributed by atoms with E-state index >= 15 is 0 Å². The number of aryl methyl sites for hydroxylation is 2. The molecule has 0 saturated carbocycles. The largest absolute Gasteiger partial charge is 0.484 e. The summed E-state index contributed by atoms with van der Waals surface area (Å²) in [7, 11) is 0. The Morgan fingerprint density at radius 2 is 1.56 bits per heavy atom. The third kappa shape index (κ3) is 2.71. The molecule has 0 aromatic heterocycles. The standard InChI is InChI=1S/C16H19NO/c1-12-7-6-8-13(2)16(12)18-15(11-17)14-9-4-3-5-10-14/h3-10,15H,11,17H2,1-2H3. The van der Waals surface area contributed by atoms with Crippen LogP contribution in [-0.4, -0.2) is 6.54 Å². The predicted molar refractivity (Wildman–Crippen MR) is 74.8 cm³/mol. The molecule has 0 spiro atoms. The van der Waals surface area contributed by atoms with Gasteiger partial charge in [-0.15, -0.1) is 0 Å². The lowest BCUT2D eigenvalue weighted by atomic mass is 10.1. The molecule has 2 N–H and O–H groups in total. The van der Waals surface area contributed by atoms with Gasteiger partial charge >= 0.3 is 0 Å². The number of benzene rings is 2. The molecule has 0 radical (unpaired) electrons. The van der Waals surface area contributed by atoms with Gasteiger partial charge in [-0.05, 0) is 30.5 Å². The topological polar surface area (TPSA) is 35.2 Å². The van der Waals surface area contributed by atoms with E-state index < -0.39 is 0 Å². The zero-order chi connectivity index (χ0) is 13.0. The minimum absolute atomic E-state index is 0.0917. The van der Waals surface area contributed by atoms with Crippen molar-refractivity contribution in [3.63, 3.8) is 0 Å². The van der Waals surface area contributed by atoms with Crippen LogP contribution >= 0.6 is 0 Å². The number of rotatable bonds is 4. The van der Waals surface area contributed by atoms with Crippen molar-refractivity contribution < 1.29 is 4.74 Å². The van der Waals surface area contributed by atoms with Gasteiger partial charge in [-0.3, -0.25) is 0 Å². The van der Waals surface area contributed by atoms with Gasteiger partial charge in [-0.1, -0.05) is 48.5 Å². The van der Waals surface area contributed by atoms with Crippen molar-refractivity contribution in [1.29, 1.82) is 0 Å². The van der Waals surface area contributed by atoms with Crippen LogP contribution in [0.2, 0.25) is 0 Å².